The molecule has 6 heteroatoms. The summed E-state index contributed by atoms with van der Waals surface area (Å²) in [5, 5.41) is 3.56. The first-order valence-electron chi connectivity index (χ1n) is 8.72. The van der Waals surface area contributed by atoms with E-state index < -0.39 is 6.04 Å². The molecule has 3 rings (SSSR count). The summed E-state index contributed by atoms with van der Waals surface area (Å²) >= 11 is 6.03. The van der Waals surface area contributed by atoms with Crippen LogP contribution < -0.4 is 5.32 Å². The van der Waals surface area contributed by atoms with Crippen LogP contribution in [0, 0.1) is 0 Å². The third-order valence-electron chi connectivity index (χ3n) is 4.68. The van der Waals surface area contributed by atoms with Crippen LogP contribution in [0.2, 0.25) is 5.02 Å². The number of carbonyl (C=O) groups is 2. The predicted molar refractivity (Wildman–Crippen MR) is 104 cm³/mol. The first-order chi connectivity index (χ1) is 12.5. The first-order valence-corrected chi connectivity index (χ1v) is 9.10. The summed E-state index contributed by atoms with van der Waals surface area (Å²) in [6, 6.07) is 14.5. The highest BCUT2D eigenvalue weighted by molar-refractivity contribution is 6.30. The minimum absolute atomic E-state index is 0.00907. The lowest BCUT2D eigenvalue weighted by molar-refractivity contribution is -0.138. The molecule has 0 saturated carbocycles. The van der Waals surface area contributed by atoms with E-state index in [4.69, 9.17) is 11.6 Å². The van der Waals surface area contributed by atoms with Gasteiger partial charge < -0.3 is 15.1 Å². The Kier molecular flexibility index (Phi) is 5.47. The number of hydrogen-bond acceptors (Lipinski definition) is 2. The fourth-order valence-corrected chi connectivity index (χ4v) is 3.32. The second-order valence-electron chi connectivity index (χ2n) is 6.31. The van der Waals surface area contributed by atoms with Crippen molar-refractivity contribution in [2.75, 3.05) is 25.0 Å². The molecule has 2 aromatic rings. The van der Waals surface area contributed by atoms with E-state index in [1.807, 2.05) is 55.5 Å². The van der Waals surface area contributed by atoms with Crippen LogP contribution in [0.5, 0.6) is 0 Å². The van der Waals surface area contributed by atoms with Crippen molar-refractivity contribution in [3.8, 4) is 11.1 Å². The molecule has 0 aliphatic carbocycles. The molecule has 136 valence electrons. The molecule has 1 aliphatic heterocycles. The number of amides is 3. The van der Waals surface area contributed by atoms with Crippen LogP contribution in [0.4, 0.5) is 10.5 Å². The number of hydrogen-bond donors (Lipinski definition) is 1. The minimum Gasteiger partial charge on any atom is -0.339 e. The monoisotopic (exact) mass is 371 g/mol. The van der Waals surface area contributed by atoms with Crippen LogP contribution in [0.3, 0.4) is 0 Å². The Bertz CT molecular complexity index is 807. The zero-order valence-electron chi connectivity index (χ0n) is 14.9. The number of likely N-dealkylation sites (N-methyl/N-ethyl adjacent to an activating group) is 1. The first kappa shape index (κ1) is 18.3. The van der Waals surface area contributed by atoms with Gasteiger partial charge in [0, 0.05) is 30.3 Å². The van der Waals surface area contributed by atoms with Gasteiger partial charge in [-0.25, -0.2) is 4.79 Å². The average molecular weight is 372 g/mol. The number of nitrogens with zero attached hydrogens (tertiary/aromatic N) is 2. The van der Waals surface area contributed by atoms with Gasteiger partial charge in [-0.05, 0) is 49.2 Å². The number of urea groups is 1. The third kappa shape index (κ3) is 3.83. The quantitative estimate of drug-likeness (QED) is 0.883. The molecular formula is C20H22ClN3O2. The summed E-state index contributed by atoms with van der Waals surface area (Å²) in [6.45, 7) is 5.49. The van der Waals surface area contributed by atoms with Crippen molar-refractivity contribution < 1.29 is 9.59 Å². The molecular weight excluding hydrogens is 350 g/mol. The Morgan fingerprint density at radius 3 is 2.54 bits per heavy atom. The Morgan fingerprint density at radius 1 is 1.15 bits per heavy atom. The molecule has 3 amide bonds. The van der Waals surface area contributed by atoms with Gasteiger partial charge in [-0.1, -0.05) is 35.9 Å². The second kappa shape index (κ2) is 7.79. The molecule has 0 aromatic heterocycles. The Morgan fingerprint density at radius 2 is 1.88 bits per heavy atom. The predicted octanol–water partition coefficient (Wildman–Crippen LogP) is 4.09. The molecule has 1 aliphatic rings. The zero-order chi connectivity index (χ0) is 18.7. The van der Waals surface area contributed by atoms with Crippen LogP contribution >= 0.6 is 11.6 Å². The normalized spacial score (nSPS) is 17.3. The number of anilines is 1. The smallest absolute Gasteiger partial charge is 0.322 e. The molecule has 0 unspecified atom stereocenters. The average Bonchev–Trinajstić information content (AvgIpc) is 2.64. The van der Waals surface area contributed by atoms with Gasteiger partial charge in [-0.3, -0.25) is 4.79 Å². The summed E-state index contributed by atoms with van der Waals surface area (Å²) in [6.07, 6.45) is 0. The third-order valence-corrected chi connectivity index (χ3v) is 4.92. The fraction of sp³-hybridized carbons (Fsp3) is 0.300. The summed E-state index contributed by atoms with van der Waals surface area (Å²) in [7, 11) is 0. The maximum atomic E-state index is 12.5. The second-order valence-corrected chi connectivity index (χ2v) is 6.74. The standard InChI is InChI=1S/C20H22ClN3O2/c1-3-23-11-12-24(14(2)19(23)25)20(26)22-18-9-7-15(8-10-18)16-5-4-6-17(21)13-16/h4-10,13-14H,3,11-12H2,1-2H3,(H,22,26)/t14-/m0/s1. The molecule has 0 bridgehead atoms. The van der Waals surface area contributed by atoms with Crippen molar-refractivity contribution in [2.24, 2.45) is 0 Å². The summed E-state index contributed by atoms with van der Waals surface area (Å²) in [5.41, 5.74) is 2.73. The molecule has 1 fully saturated rings. The number of benzene rings is 2. The minimum atomic E-state index is -0.450. The molecule has 1 N–H and O–H groups in total. The summed E-state index contributed by atoms with van der Waals surface area (Å²) < 4.78 is 0. The van der Waals surface area contributed by atoms with E-state index in [1.54, 1.807) is 16.7 Å². The summed E-state index contributed by atoms with van der Waals surface area (Å²) in [4.78, 5) is 28.1. The van der Waals surface area contributed by atoms with Crippen LogP contribution in [0.15, 0.2) is 48.5 Å². The van der Waals surface area contributed by atoms with Crippen molar-refractivity contribution in [1.29, 1.82) is 0 Å². The van der Waals surface area contributed by atoms with Crippen molar-refractivity contribution in [3.63, 3.8) is 0 Å². The molecule has 1 atom stereocenters. The fourth-order valence-electron chi connectivity index (χ4n) is 3.13. The van der Waals surface area contributed by atoms with E-state index in [9.17, 15) is 9.59 Å². The highest BCUT2D eigenvalue weighted by atomic mass is 35.5. The van der Waals surface area contributed by atoms with Crippen molar-refractivity contribution in [2.45, 2.75) is 19.9 Å². The van der Waals surface area contributed by atoms with Gasteiger partial charge >= 0.3 is 6.03 Å². The maximum absolute atomic E-state index is 12.5. The number of halogens is 1. The molecule has 5 nitrogen and oxygen atoms in total. The van der Waals surface area contributed by atoms with Gasteiger partial charge in [0.1, 0.15) is 6.04 Å². The van der Waals surface area contributed by atoms with Gasteiger partial charge in [-0.2, -0.15) is 0 Å². The maximum Gasteiger partial charge on any atom is 0.322 e. The lowest BCUT2D eigenvalue weighted by atomic mass is 10.1. The van der Waals surface area contributed by atoms with Crippen molar-refractivity contribution in [3.05, 3.63) is 53.6 Å². The SMILES string of the molecule is CCN1CCN(C(=O)Nc2ccc(-c3cccc(Cl)c3)cc2)[C@@H](C)C1=O. The Hall–Kier alpha value is -2.53. The van der Waals surface area contributed by atoms with Crippen LogP contribution in [-0.2, 0) is 4.79 Å². The largest absolute Gasteiger partial charge is 0.339 e. The number of carbonyl (C=O) groups excluding carboxylic acids is 2. The molecule has 1 saturated heterocycles. The van der Waals surface area contributed by atoms with Crippen LogP contribution in [0.25, 0.3) is 11.1 Å². The Labute approximate surface area is 158 Å². The van der Waals surface area contributed by atoms with Crippen molar-refractivity contribution >= 4 is 29.2 Å². The lowest BCUT2D eigenvalue weighted by Crippen LogP contribution is -2.58. The lowest BCUT2D eigenvalue weighted by Gasteiger charge is -2.38. The van der Waals surface area contributed by atoms with Crippen LogP contribution in [0.1, 0.15) is 13.8 Å². The van der Waals surface area contributed by atoms with Crippen LogP contribution in [-0.4, -0.2) is 47.4 Å². The number of nitrogens with one attached hydrogen (secondary N) is 1. The molecule has 1 heterocycles. The van der Waals surface area contributed by atoms with E-state index in [0.717, 1.165) is 11.1 Å². The van der Waals surface area contributed by atoms with E-state index >= 15 is 0 Å². The highest BCUT2D eigenvalue weighted by Gasteiger charge is 2.33. The Balaban J connectivity index is 1.67. The van der Waals surface area contributed by atoms with E-state index in [2.05, 4.69) is 5.32 Å². The molecule has 0 spiro atoms. The van der Waals surface area contributed by atoms with Gasteiger partial charge in [0.15, 0.2) is 0 Å². The highest BCUT2D eigenvalue weighted by Crippen LogP contribution is 2.24. The van der Waals surface area contributed by atoms with E-state index in [-0.39, 0.29) is 11.9 Å². The topological polar surface area (TPSA) is 52.6 Å². The van der Waals surface area contributed by atoms with E-state index in [1.165, 1.54) is 0 Å². The number of rotatable bonds is 3. The van der Waals surface area contributed by atoms with Gasteiger partial charge in [0.05, 0.1) is 0 Å². The molecule has 0 radical (unpaired) electrons. The zero-order valence-corrected chi connectivity index (χ0v) is 15.7. The number of piperazine rings is 1. The van der Waals surface area contributed by atoms with Gasteiger partial charge in [-0.15, -0.1) is 0 Å². The summed E-state index contributed by atoms with van der Waals surface area (Å²) in [5.74, 6) is -0.00907. The van der Waals surface area contributed by atoms with Crippen molar-refractivity contribution in [1.82, 2.24) is 9.80 Å². The van der Waals surface area contributed by atoms with Gasteiger partial charge in [0.2, 0.25) is 5.91 Å². The molecule has 26 heavy (non-hydrogen) atoms. The molecule has 2 aromatic carbocycles. The van der Waals surface area contributed by atoms with E-state index in [0.29, 0.717) is 30.3 Å². The van der Waals surface area contributed by atoms with Gasteiger partial charge in [0.25, 0.3) is 0 Å².